The molecule has 0 aliphatic heterocycles. The number of halogens is 4. The van der Waals surface area contributed by atoms with Crippen LogP contribution in [0.25, 0.3) is 0 Å². The lowest BCUT2D eigenvalue weighted by atomic mass is 10.1. The number of hydrogen-bond acceptors (Lipinski definition) is 1. The van der Waals surface area contributed by atoms with Crippen LogP contribution >= 0.6 is 18.0 Å². The molecule has 0 aliphatic rings. The van der Waals surface area contributed by atoms with Crippen molar-refractivity contribution in [3.8, 4) is 0 Å². The van der Waals surface area contributed by atoms with Crippen LogP contribution in [-0.2, 0) is 16.9 Å². The van der Waals surface area contributed by atoms with E-state index in [2.05, 4.69) is 0 Å². The van der Waals surface area contributed by atoms with Crippen molar-refractivity contribution in [1.82, 2.24) is 0 Å². The van der Waals surface area contributed by atoms with Crippen LogP contribution in [0, 0.1) is 0 Å². The molecule has 0 aliphatic carbocycles. The number of benzene rings is 1. The van der Waals surface area contributed by atoms with Gasteiger partial charge in [-0.05, 0) is 22.9 Å². The summed E-state index contributed by atoms with van der Waals surface area (Å²) < 4.78 is 47.5. The maximum atomic E-state index is 12.2. The van der Waals surface area contributed by atoms with Crippen molar-refractivity contribution in [1.29, 1.82) is 0 Å². The molecule has 0 amide bonds. The van der Waals surface area contributed by atoms with Crippen molar-refractivity contribution in [2.24, 2.45) is 0 Å². The van der Waals surface area contributed by atoms with E-state index in [9.17, 15) is 17.7 Å². The van der Waals surface area contributed by atoms with Gasteiger partial charge < -0.3 is 4.89 Å². The van der Waals surface area contributed by atoms with Gasteiger partial charge in [-0.25, -0.2) is 0 Å². The molecular weight excluding hydrogens is 252 g/mol. The van der Waals surface area contributed by atoms with Crippen LogP contribution in [0.4, 0.5) is 13.2 Å². The molecule has 7 heteroatoms. The van der Waals surface area contributed by atoms with E-state index in [1.54, 1.807) is 0 Å². The van der Waals surface area contributed by atoms with Crippen molar-refractivity contribution >= 4 is 18.0 Å². The summed E-state index contributed by atoms with van der Waals surface area (Å²) in [5, 5.41) is 0. The lowest BCUT2D eigenvalue weighted by Crippen LogP contribution is -2.05. The Balaban J connectivity index is 2.99. The molecule has 0 bridgehead atoms. The van der Waals surface area contributed by atoms with Crippen molar-refractivity contribution in [3.05, 3.63) is 35.4 Å². The Morgan fingerprint density at radius 2 is 2.00 bits per heavy atom. The van der Waals surface area contributed by atoms with Gasteiger partial charge in [-0.1, -0.05) is 18.2 Å². The normalized spacial score (nSPS) is 16.1. The van der Waals surface area contributed by atoms with Gasteiger partial charge in [0.25, 0.3) is 6.72 Å². The van der Waals surface area contributed by atoms with Crippen LogP contribution in [0.1, 0.15) is 11.1 Å². The van der Waals surface area contributed by atoms with E-state index in [-0.39, 0.29) is 5.56 Å². The van der Waals surface area contributed by atoms with Crippen molar-refractivity contribution in [2.45, 2.75) is 12.3 Å². The zero-order valence-electron chi connectivity index (χ0n) is 7.33. The predicted octanol–water partition coefficient (Wildman–Crippen LogP) is 3.63. The predicted molar refractivity (Wildman–Crippen MR) is 50.8 cm³/mol. The highest BCUT2D eigenvalue weighted by molar-refractivity contribution is 7.83. The summed E-state index contributed by atoms with van der Waals surface area (Å²) in [4.78, 5) is 8.80. The average Bonchev–Trinajstić information content (AvgIpc) is 1.99. The number of rotatable bonds is 2. The minimum Gasteiger partial charge on any atom is -0.333 e. The molecule has 2 nitrogen and oxygen atoms in total. The fourth-order valence-corrected chi connectivity index (χ4v) is 2.13. The summed E-state index contributed by atoms with van der Waals surface area (Å²) in [6.45, 7) is -3.85. The monoisotopic (exact) mass is 258 g/mol. The molecule has 1 atom stereocenters. The van der Waals surface area contributed by atoms with Gasteiger partial charge in [0, 0.05) is 0 Å². The Hall–Kier alpha value is -0.510. The second kappa shape index (κ2) is 4.16. The molecule has 0 aromatic heterocycles. The summed E-state index contributed by atoms with van der Waals surface area (Å²) in [6.07, 6.45) is -4.93. The van der Waals surface area contributed by atoms with E-state index < -0.39 is 24.6 Å². The third-order valence-electron chi connectivity index (χ3n) is 1.63. The van der Waals surface area contributed by atoms with Crippen LogP contribution < -0.4 is 0 Å². The zero-order valence-corrected chi connectivity index (χ0v) is 8.98. The largest absolute Gasteiger partial charge is 0.416 e. The molecule has 0 radical (unpaired) electrons. The Morgan fingerprint density at radius 3 is 2.47 bits per heavy atom. The summed E-state index contributed by atoms with van der Waals surface area (Å²) in [5.41, 5.74) is -0.768. The molecule has 0 fully saturated rings. The molecule has 1 aromatic carbocycles. The van der Waals surface area contributed by atoms with Gasteiger partial charge in [0.2, 0.25) is 0 Å². The van der Waals surface area contributed by atoms with Crippen molar-refractivity contribution in [2.75, 3.05) is 0 Å². The molecule has 84 valence electrons. The first kappa shape index (κ1) is 12.6. The highest BCUT2D eigenvalue weighted by Crippen LogP contribution is 2.49. The summed E-state index contributed by atoms with van der Waals surface area (Å²) in [7, 11) is 0. The molecule has 1 rings (SSSR count). The maximum absolute atomic E-state index is 12.2. The SMILES string of the molecule is O=P(O)(Cl)Cc1cccc(C(F)(F)F)c1. The second-order valence-electron chi connectivity index (χ2n) is 2.97. The average molecular weight is 259 g/mol. The van der Waals surface area contributed by atoms with E-state index in [1.807, 2.05) is 0 Å². The van der Waals surface area contributed by atoms with Gasteiger partial charge in [0.15, 0.2) is 0 Å². The Labute approximate surface area is 88.9 Å². The number of hydrogen-bond donors (Lipinski definition) is 1. The standard InChI is InChI=1S/C8H7ClF3O2P/c9-15(13,14)5-6-2-1-3-7(4-6)8(10,11)12/h1-4H,5H2,(H,13,14). The first-order valence-electron chi connectivity index (χ1n) is 3.86. The molecular formula is C8H7ClF3O2P. The molecule has 0 spiro atoms. The fourth-order valence-electron chi connectivity index (χ4n) is 1.07. The third kappa shape index (κ3) is 4.24. The first-order chi connectivity index (χ1) is 6.68. The molecule has 1 aromatic rings. The summed E-state index contributed by atoms with van der Waals surface area (Å²) >= 11 is 5.06. The van der Waals surface area contributed by atoms with Crippen LogP contribution in [0.2, 0.25) is 0 Å². The lowest BCUT2D eigenvalue weighted by molar-refractivity contribution is -0.137. The fraction of sp³-hybridized carbons (Fsp3) is 0.250. The van der Waals surface area contributed by atoms with E-state index >= 15 is 0 Å². The van der Waals surface area contributed by atoms with E-state index in [0.717, 1.165) is 12.1 Å². The lowest BCUT2D eigenvalue weighted by Gasteiger charge is -2.08. The smallest absolute Gasteiger partial charge is 0.333 e. The van der Waals surface area contributed by atoms with Gasteiger partial charge in [0.1, 0.15) is 0 Å². The van der Waals surface area contributed by atoms with Gasteiger partial charge >= 0.3 is 6.18 Å². The van der Waals surface area contributed by atoms with Gasteiger partial charge in [-0.15, -0.1) is 0 Å². The summed E-state index contributed by atoms with van der Waals surface area (Å²) in [6, 6.07) is 4.19. The topological polar surface area (TPSA) is 37.3 Å². The maximum Gasteiger partial charge on any atom is 0.416 e. The first-order valence-corrected chi connectivity index (χ1v) is 6.61. The molecule has 0 heterocycles. The molecule has 1 unspecified atom stereocenters. The Kier molecular flexibility index (Phi) is 3.48. The van der Waals surface area contributed by atoms with Crippen molar-refractivity contribution in [3.63, 3.8) is 0 Å². The van der Waals surface area contributed by atoms with Crippen LogP contribution in [0.3, 0.4) is 0 Å². The van der Waals surface area contributed by atoms with Crippen LogP contribution in [0.15, 0.2) is 24.3 Å². The minimum absolute atomic E-state index is 0.0886. The van der Waals surface area contributed by atoms with Crippen LogP contribution in [-0.4, -0.2) is 4.89 Å². The van der Waals surface area contributed by atoms with Crippen LogP contribution in [0.5, 0.6) is 0 Å². The molecule has 0 saturated heterocycles. The quantitative estimate of drug-likeness (QED) is 0.823. The highest BCUT2D eigenvalue weighted by Gasteiger charge is 2.30. The van der Waals surface area contributed by atoms with Gasteiger partial charge in [0.05, 0.1) is 11.7 Å². The van der Waals surface area contributed by atoms with E-state index in [1.165, 1.54) is 12.1 Å². The molecule has 0 saturated carbocycles. The molecule has 15 heavy (non-hydrogen) atoms. The van der Waals surface area contributed by atoms with Crippen molar-refractivity contribution < 1.29 is 22.6 Å². The Morgan fingerprint density at radius 1 is 1.40 bits per heavy atom. The third-order valence-corrected chi connectivity index (χ3v) is 2.75. The van der Waals surface area contributed by atoms with Gasteiger partial charge in [-0.3, -0.25) is 4.57 Å². The highest BCUT2D eigenvalue weighted by atomic mass is 35.7. The Bertz CT molecular complexity index is 399. The number of alkyl halides is 3. The summed E-state index contributed by atoms with van der Waals surface area (Å²) in [5.74, 6) is 0. The van der Waals surface area contributed by atoms with E-state index in [4.69, 9.17) is 16.1 Å². The zero-order chi connectivity index (χ0) is 11.7. The second-order valence-corrected chi connectivity index (χ2v) is 6.11. The molecule has 1 N–H and O–H groups in total. The van der Waals surface area contributed by atoms with Gasteiger partial charge in [-0.2, -0.15) is 13.2 Å². The van der Waals surface area contributed by atoms with E-state index in [0.29, 0.717) is 0 Å². The minimum atomic E-state index is -4.46.